The van der Waals surface area contributed by atoms with Crippen molar-refractivity contribution < 1.29 is 1.37 Å². The van der Waals surface area contributed by atoms with E-state index >= 15 is 0 Å². The summed E-state index contributed by atoms with van der Waals surface area (Å²) in [5.74, 6) is 0. The first-order valence-corrected chi connectivity index (χ1v) is 14.7. The van der Waals surface area contributed by atoms with Crippen LogP contribution >= 0.6 is 0 Å². The third kappa shape index (κ3) is 28.0. The van der Waals surface area contributed by atoms with Crippen LogP contribution in [0.1, 0.15) is 195 Å². The van der Waals surface area contributed by atoms with Gasteiger partial charge in [0.2, 0.25) is 0 Å². The molecular formula is C30H62. The summed E-state index contributed by atoms with van der Waals surface area (Å²) in [6.45, 7) is 2.93. The lowest BCUT2D eigenvalue weighted by Gasteiger charge is -2.04. The molecule has 0 fully saturated rings. The molecule has 0 aromatic rings. The van der Waals surface area contributed by atoms with Gasteiger partial charge in [-0.25, -0.2) is 0 Å². The van der Waals surface area contributed by atoms with Gasteiger partial charge in [-0.05, 0) is 0 Å². The molecule has 0 nitrogen and oxygen atoms in total. The molecular weight excluding hydrogens is 360 g/mol. The van der Waals surface area contributed by atoms with E-state index in [1.54, 1.807) is 0 Å². The number of hydrogen-bond donors (Lipinski definition) is 0. The molecule has 0 saturated carbocycles. The van der Waals surface area contributed by atoms with Gasteiger partial charge in [-0.2, -0.15) is 0 Å². The van der Waals surface area contributed by atoms with Crippen molar-refractivity contribution in [3.8, 4) is 0 Å². The maximum atomic E-state index is 7.15. The van der Waals surface area contributed by atoms with Crippen LogP contribution in [-0.4, -0.2) is 0 Å². The predicted octanol–water partition coefficient (Wildman–Crippen LogP) is 11.9. The first kappa shape index (κ1) is 28.0. The molecule has 0 bridgehead atoms. The number of hydrogen-bond acceptors (Lipinski definition) is 0. The Hall–Kier alpha value is 0. The van der Waals surface area contributed by atoms with Gasteiger partial charge < -0.3 is 0 Å². The fraction of sp³-hybridized carbons (Fsp3) is 1.00. The Balaban J connectivity index is 2.98. The van der Waals surface area contributed by atoms with Crippen molar-refractivity contribution in [2.24, 2.45) is 0 Å². The van der Waals surface area contributed by atoms with Crippen LogP contribution in [0.2, 0.25) is 0 Å². The van der Waals surface area contributed by atoms with Crippen LogP contribution in [0.4, 0.5) is 0 Å². The number of unbranched alkanes of at least 4 members (excludes halogenated alkanes) is 27. The Bertz CT molecular complexity index is 260. The van der Waals surface area contributed by atoms with Gasteiger partial charge in [0.05, 0.1) is 0 Å². The molecule has 0 aromatic heterocycles. The summed E-state index contributed by atoms with van der Waals surface area (Å²) in [6, 6.07) is 0. The molecule has 0 amide bonds. The van der Waals surface area contributed by atoms with E-state index in [1.807, 2.05) is 0 Å². The molecule has 0 saturated heterocycles. The van der Waals surface area contributed by atoms with Crippen LogP contribution in [0.5, 0.6) is 0 Å². The maximum absolute atomic E-state index is 7.15. The van der Waals surface area contributed by atoms with Crippen LogP contribution in [-0.2, 0) is 0 Å². The summed E-state index contributed by atoms with van der Waals surface area (Å²) < 4.78 is 7.15. The van der Waals surface area contributed by atoms with E-state index in [1.165, 1.54) is 173 Å². The zero-order valence-electron chi connectivity index (χ0n) is 22.5. The van der Waals surface area contributed by atoms with Crippen LogP contribution in [0.15, 0.2) is 0 Å². The van der Waals surface area contributed by atoms with Gasteiger partial charge >= 0.3 is 0 Å². The smallest absolute Gasteiger partial charge is 0.0230 e. The van der Waals surface area contributed by atoms with Gasteiger partial charge in [0.25, 0.3) is 0 Å². The standard InChI is InChI=1S/C30H62/c1-3-5-7-9-11-13-15-17-19-21-23-25-27-29-30-28-26-24-22-20-18-16-14-12-10-8-6-4-2/h3-30H2,1-2H3/i1D. The minimum absolute atomic E-state index is 0.624. The molecule has 0 aliphatic rings. The zero-order chi connectivity index (χ0) is 22.5. The van der Waals surface area contributed by atoms with Crippen molar-refractivity contribution in [1.29, 1.82) is 0 Å². The van der Waals surface area contributed by atoms with E-state index in [-0.39, 0.29) is 0 Å². The van der Waals surface area contributed by atoms with Gasteiger partial charge in [0, 0.05) is 1.37 Å². The Morgan fingerprint density at radius 3 is 0.600 bits per heavy atom. The lowest BCUT2D eigenvalue weighted by Crippen LogP contribution is -1.84. The lowest BCUT2D eigenvalue weighted by atomic mass is 10.0. The fourth-order valence-corrected chi connectivity index (χ4v) is 4.67. The third-order valence-corrected chi connectivity index (χ3v) is 6.85. The molecule has 0 unspecified atom stereocenters. The lowest BCUT2D eigenvalue weighted by molar-refractivity contribution is 0.514. The SMILES string of the molecule is [2H]CCCCCCCCCCCCCCCCCCCCCCCCCCCCCC. The minimum atomic E-state index is 0.624. The fourth-order valence-electron chi connectivity index (χ4n) is 4.67. The van der Waals surface area contributed by atoms with E-state index in [4.69, 9.17) is 1.37 Å². The molecule has 0 heterocycles. The van der Waals surface area contributed by atoms with Gasteiger partial charge in [-0.3, -0.25) is 0 Å². The normalized spacial score (nSPS) is 11.8. The minimum Gasteiger partial charge on any atom is -0.0654 e. The van der Waals surface area contributed by atoms with Gasteiger partial charge in [-0.15, -0.1) is 0 Å². The second-order valence-corrected chi connectivity index (χ2v) is 10.0. The monoisotopic (exact) mass is 423 g/mol. The first-order valence-electron chi connectivity index (χ1n) is 15.4. The van der Waals surface area contributed by atoms with Crippen molar-refractivity contribution >= 4 is 0 Å². The van der Waals surface area contributed by atoms with E-state index < -0.39 is 0 Å². The second kappa shape index (κ2) is 29.0. The summed E-state index contributed by atoms with van der Waals surface area (Å²) in [5, 5.41) is 0. The average molecular weight is 424 g/mol. The van der Waals surface area contributed by atoms with E-state index in [0.717, 1.165) is 6.42 Å². The zero-order valence-corrected chi connectivity index (χ0v) is 21.5. The molecule has 0 aliphatic carbocycles. The van der Waals surface area contributed by atoms with Crippen molar-refractivity contribution in [3.63, 3.8) is 0 Å². The van der Waals surface area contributed by atoms with Crippen LogP contribution < -0.4 is 0 Å². The molecule has 0 rings (SSSR count). The van der Waals surface area contributed by atoms with Crippen molar-refractivity contribution in [2.75, 3.05) is 0 Å². The molecule has 0 radical (unpaired) electrons. The van der Waals surface area contributed by atoms with Crippen molar-refractivity contribution in [2.45, 2.75) is 194 Å². The van der Waals surface area contributed by atoms with E-state index in [9.17, 15) is 0 Å². The Labute approximate surface area is 195 Å². The van der Waals surface area contributed by atoms with Gasteiger partial charge in [0.1, 0.15) is 0 Å². The summed E-state index contributed by atoms with van der Waals surface area (Å²) >= 11 is 0. The Kier molecular flexibility index (Phi) is 27.1. The Morgan fingerprint density at radius 2 is 0.433 bits per heavy atom. The quantitative estimate of drug-likeness (QED) is 0.115. The molecule has 0 spiro atoms. The molecule has 30 heavy (non-hydrogen) atoms. The highest BCUT2D eigenvalue weighted by molar-refractivity contribution is 4.52. The maximum Gasteiger partial charge on any atom is 0.0230 e. The summed E-state index contributed by atoms with van der Waals surface area (Å²) in [5.41, 5.74) is 0. The average Bonchev–Trinajstić information content (AvgIpc) is 2.78. The highest BCUT2D eigenvalue weighted by Crippen LogP contribution is 2.16. The van der Waals surface area contributed by atoms with Crippen molar-refractivity contribution in [3.05, 3.63) is 0 Å². The highest BCUT2D eigenvalue weighted by Gasteiger charge is 1.96. The molecule has 0 heteroatoms. The predicted molar refractivity (Wildman–Crippen MR) is 141 cm³/mol. The number of rotatable bonds is 27. The van der Waals surface area contributed by atoms with Crippen molar-refractivity contribution in [1.82, 2.24) is 0 Å². The van der Waals surface area contributed by atoms with Crippen LogP contribution in [0, 0.1) is 0 Å². The molecule has 182 valence electrons. The summed E-state index contributed by atoms with van der Waals surface area (Å²) in [6.07, 6.45) is 40.4. The van der Waals surface area contributed by atoms with E-state index in [2.05, 4.69) is 6.92 Å². The second-order valence-electron chi connectivity index (χ2n) is 10.0. The van der Waals surface area contributed by atoms with Gasteiger partial charge in [0.15, 0.2) is 0 Å². The molecule has 0 aromatic carbocycles. The molecule has 0 aliphatic heterocycles. The van der Waals surface area contributed by atoms with Gasteiger partial charge in [-0.1, -0.05) is 194 Å². The molecule has 0 atom stereocenters. The summed E-state index contributed by atoms with van der Waals surface area (Å²) in [7, 11) is 0. The van der Waals surface area contributed by atoms with E-state index in [0.29, 0.717) is 6.90 Å². The molecule has 0 N–H and O–H groups in total. The first-order chi connectivity index (χ1) is 15.4. The summed E-state index contributed by atoms with van der Waals surface area (Å²) in [4.78, 5) is 0. The largest absolute Gasteiger partial charge is 0.0654 e. The highest BCUT2D eigenvalue weighted by atomic mass is 14.0. The Morgan fingerprint density at radius 1 is 0.267 bits per heavy atom. The van der Waals surface area contributed by atoms with Crippen LogP contribution in [0.3, 0.4) is 0 Å². The third-order valence-electron chi connectivity index (χ3n) is 6.85. The van der Waals surface area contributed by atoms with Crippen LogP contribution in [0.25, 0.3) is 0 Å². The topological polar surface area (TPSA) is 0 Å².